The number of nitrogens with one attached hydrogen (secondary N) is 2. The maximum Gasteiger partial charge on any atom is 0.258 e. The molecule has 0 fully saturated rings. The van der Waals surface area contributed by atoms with Gasteiger partial charge in [0.2, 0.25) is 5.91 Å². The van der Waals surface area contributed by atoms with Gasteiger partial charge in [0.15, 0.2) is 0 Å². The second-order valence-corrected chi connectivity index (χ2v) is 8.20. The molecule has 7 heteroatoms. The summed E-state index contributed by atoms with van der Waals surface area (Å²) in [6.45, 7) is 0.668. The van der Waals surface area contributed by atoms with Crippen LogP contribution in [0.5, 0.6) is 0 Å². The fourth-order valence-electron chi connectivity index (χ4n) is 3.89. The lowest BCUT2D eigenvalue weighted by Gasteiger charge is -2.22. The molecule has 34 heavy (non-hydrogen) atoms. The number of para-hydroxylation sites is 1. The van der Waals surface area contributed by atoms with Gasteiger partial charge < -0.3 is 20.6 Å². The van der Waals surface area contributed by atoms with Crippen LogP contribution in [0.2, 0.25) is 0 Å². The Balaban J connectivity index is 1.62. The summed E-state index contributed by atoms with van der Waals surface area (Å²) < 4.78 is 0. The molecule has 0 aliphatic carbocycles. The van der Waals surface area contributed by atoms with Crippen molar-refractivity contribution in [3.05, 3.63) is 90.0 Å². The molecule has 0 saturated carbocycles. The number of aliphatic hydroxyl groups is 1. The third-order valence-electron chi connectivity index (χ3n) is 5.77. The Morgan fingerprint density at radius 1 is 0.941 bits per heavy atom. The molecule has 1 aliphatic rings. The Bertz CT molecular complexity index is 1210. The Hall–Kier alpha value is -3.94. The number of hydrogen-bond donors (Lipinski definition) is 3. The van der Waals surface area contributed by atoms with Gasteiger partial charge in [0.25, 0.3) is 5.91 Å². The second-order valence-electron chi connectivity index (χ2n) is 8.20. The maximum absolute atomic E-state index is 12.9. The van der Waals surface area contributed by atoms with Crippen molar-refractivity contribution >= 4 is 40.1 Å². The average Bonchev–Trinajstić information content (AvgIpc) is 3.18. The summed E-state index contributed by atoms with van der Waals surface area (Å²) in [6, 6.07) is 24.9. The second kappa shape index (κ2) is 10.3. The van der Waals surface area contributed by atoms with Crippen molar-refractivity contribution in [2.75, 3.05) is 49.3 Å². The minimum Gasteiger partial charge on any atom is -0.395 e. The first-order chi connectivity index (χ1) is 16.5. The van der Waals surface area contributed by atoms with Crippen molar-refractivity contribution in [3.8, 4) is 0 Å². The van der Waals surface area contributed by atoms with Crippen molar-refractivity contribution in [1.82, 2.24) is 4.90 Å². The van der Waals surface area contributed by atoms with Gasteiger partial charge in [-0.05, 0) is 42.9 Å². The van der Waals surface area contributed by atoms with Crippen LogP contribution in [0.4, 0.5) is 17.1 Å². The van der Waals surface area contributed by atoms with E-state index in [0.717, 1.165) is 28.2 Å². The molecule has 3 aromatic rings. The predicted molar refractivity (Wildman–Crippen MR) is 136 cm³/mol. The van der Waals surface area contributed by atoms with E-state index >= 15 is 0 Å². The quantitative estimate of drug-likeness (QED) is 0.452. The molecule has 0 bridgehead atoms. The molecule has 7 nitrogen and oxygen atoms in total. The van der Waals surface area contributed by atoms with Gasteiger partial charge in [-0.2, -0.15) is 0 Å². The number of hydrogen-bond acceptors (Lipinski definition) is 5. The summed E-state index contributed by atoms with van der Waals surface area (Å²) in [5.74, 6) is -0.218. The molecule has 1 heterocycles. The molecule has 1 aliphatic heterocycles. The summed E-state index contributed by atoms with van der Waals surface area (Å²) >= 11 is 0. The van der Waals surface area contributed by atoms with E-state index in [1.54, 1.807) is 23.9 Å². The number of aliphatic hydroxyl groups excluding tert-OH is 1. The number of benzene rings is 3. The van der Waals surface area contributed by atoms with Crippen LogP contribution < -0.4 is 15.5 Å². The lowest BCUT2D eigenvalue weighted by molar-refractivity contribution is -0.119. The zero-order valence-electron chi connectivity index (χ0n) is 19.3. The molecule has 0 unspecified atom stereocenters. The van der Waals surface area contributed by atoms with E-state index in [4.69, 9.17) is 5.11 Å². The van der Waals surface area contributed by atoms with Crippen molar-refractivity contribution in [2.24, 2.45) is 0 Å². The van der Waals surface area contributed by atoms with Crippen LogP contribution in [0.15, 0.2) is 78.9 Å². The third kappa shape index (κ3) is 5.01. The van der Waals surface area contributed by atoms with Gasteiger partial charge in [0.05, 0.1) is 24.4 Å². The Labute approximate surface area is 199 Å². The monoisotopic (exact) mass is 456 g/mol. The van der Waals surface area contributed by atoms with Crippen LogP contribution in [0, 0.1) is 0 Å². The summed E-state index contributed by atoms with van der Waals surface area (Å²) in [5, 5.41) is 15.4. The van der Waals surface area contributed by atoms with Crippen molar-refractivity contribution in [2.45, 2.75) is 0 Å². The van der Waals surface area contributed by atoms with Gasteiger partial charge in [-0.3, -0.25) is 14.5 Å². The first kappa shape index (κ1) is 23.2. The van der Waals surface area contributed by atoms with Crippen LogP contribution in [-0.4, -0.2) is 55.6 Å². The summed E-state index contributed by atoms with van der Waals surface area (Å²) in [6.07, 6.45) is 0. The van der Waals surface area contributed by atoms with E-state index in [2.05, 4.69) is 10.6 Å². The van der Waals surface area contributed by atoms with Gasteiger partial charge in [0, 0.05) is 36.2 Å². The molecule has 2 amide bonds. The number of carbonyl (C=O) groups excluding carboxylic acids is 2. The fourth-order valence-corrected chi connectivity index (χ4v) is 3.89. The molecule has 3 N–H and O–H groups in total. The van der Waals surface area contributed by atoms with E-state index in [1.807, 2.05) is 78.9 Å². The fraction of sp³-hybridized carbons (Fsp3) is 0.185. The van der Waals surface area contributed by atoms with E-state index < -0.39 is 0 Å². The van der Waals surface area contributed by atoms with Gasteiger partial charge in [0.1, 0.15) is 0 Å². The van der Waals surface area contributed by atoms with E-state index in [9.17, 15) is 9.59 Å². The number of anilines is 3. The van der Waals surface area contributed by atoms with E-state index in [0.29, 0.717) is 17.8 Å². The van der Waals surface area contributed by atoms with Gasteiger partial charge in [-0.15, -0.1) is 0 Å². The smallest absolute Gasteiger partial charge is 0.258 e. The van der Waals surface area contributed by atoms with Crippen molar-refractivity contribution in [3.63, 3.8) is 0 Å². The number of rotatable bonds is 8. The third-order valence-corrected chi connectivity index (χ3v) is 5.77. The van der Waals surface area contributed by atoms with Crippen molar-refractivity contribution < 1.29 is 14.7 Å². The standard InChI is InChI=1S/C27H28N4O3/c1-30(16-17-32)18-24(33)31(2)21-14-12-20(13-15-21)28-26(19-8-4-3-5-9-19)25-22-10-6-7-11-23(22)29-27(25)34/h3-15,28,32H,16-18H2,1-2H3,(H,29,34). The van der Waals surface area contributed by atoms with Crippen LogP contribution in [-0.2, 0) is 9.59 Å². The largest absolute Gasteiger partial charge is 0.395 e. The first-order valence-electron chi connectivity index (χ1n) is 11.1. The topological polar surface area (TPSA) is 84.9 Å². The molecule has 0 aromatic heterocycles. The molecule has 174 valence electrons. The highest BCUT2D eigenvalue weighted by molar-refractivity contribution is 6.37. The highest BCUT2D eigenvalue weighted by Gasteiger charge is 2.28. The number of carbonyl (C=O) groups is 2. The molecule has 0 saturated heterocycles. The minimum absolute atomic E-state index is 0.00954. The number of fused-ring (bicyclic) bond motifs is 1. The predicted octanol–water partition coefficient (Wildman–Crippen LogP) is 3.51. The number of likely N-dealkylation sites (N-methyl/N-ethyl adjacent to an activating group) is 2. The summed E-state index contributed by atoms with van der Waals surface area (Å²) in [4.78, 5) is 28.8. The summed E-state index contributed by atoms with van der Waals surface area (Å²) in [7, 11) is 3.53. The Morgan fingerprint density at radius 3 is 2.32 bits per heavy atom. The first-order valence-corrected chi connectivity index (χ1v) is 11.1. The van der Waals surface area contributed by atoms with E-state index in [1.165, 1.54) is 0 Å². The summed E-state index contributed by atoms with van der Waals surface area (Å²) in [5.41, 5.74) is 5.40. The highest BCUT2D eigenvalue weighted by Crippen LogP contribution is 2.37. The van der Waals surface area contributed by atoms with Crippen LogP contribution in [0.25, 0.3) is 11.3 Å². The molecule has 0 radical (unpaired) electrons. The zero-order chi connectivity index (χ0) is 24.1. The maximum atomic E-state index is 12.9. The molecular weight excluding hydrogens is 428 g/mol. The van der Waals surface area contributed by atoms with E-state index in [-0.39, 0.29) is 25.0 Å². The number of nitrogens with zero attached hydrogens (tertiary/aromatic N) is 2. The Morgan fingerprint density at radius 2 is 1.62 bits per heavy atom. The minimum atomic E-state index is -0.151. The van der Waals surface area contributed by atoms with Gasteiger partial charge in [-0.25, -0.2) is 0 Å². The van der Waals surface area contributed by atoms with Crippen LogP contribution >= 0.6 is 0 Å². The van der Waals surface area contributed by atoms with Crippen LogP contribution in [0.3, 0.4) is 0 Å². The molecule has 0 atom stereocenters. The average molecular weight is 457 g/mol. The molecule has 4 rings (SSSR count). The SMILES string of the molecule is CN(CCO)CC(=O)N(C)c1ccc(NC(=C2C(=O)Nc3ccccc32)c2ccccc2)cc1. The normalized spacial score (nSPS) is 13.9. The van der Waals surface area contributed by atoms with Gasteiger partial charge >= 0.3 is 0 Å². The van der Waals surface area contributed by atoms with Crippen LogP contribution in [0.1, 0.15) is 11.1 Å². The van der Waals surface area contributed by atoms with Crippen molar-refractivity contribution in [1.29, 1.82) is 0 Å². The van der Waals surface area contributed by atoms with Gasteiger partial charge in [-0.1, -0.05) is 48.5 Å². The zero-order valence-corrected chi connectivity index (χ0v) is 19.3. The lowest BCUT2D eigenvalue weighted by Crippen LogP contribution is -2.37. The molecule has 0 spiro atoms. The number of amides is 2. The molecule has 3 aromatic carbocycles. The highest BCUT2D eigenvalue weighted by atomic mass is 16.3. The molecular formula is C27H28N4O3. The Kier molecular flexibility index (Phi) is 7.06. The lowest BCUT2D eigenvalue weighted by atomic mass is 10.00.